The first kappa shape index (κ1) is 12.4. The molecule has 0 fully saturated rings. The van der Waals surface area contributed by atoms with Gasteiger partial charge in [-0.1, -0.05) is 37.0 Å². The van der Waals surface area contributed by atoms with E-state index in [2.05, 4.69) is 9.97 Å². The predicted octanol–water partition coefficient (Wildman–Crippen LogP) is 4.48. The van der Waals surface area contributed by atoms with Crippen LogP contribution >= 0.6 is 23.2 Å². The molecule has 0 saturated heterocycles. The van der Waals surface area contributed by atoms with E-state index in [-0.39, 0.29) is 5.92 Å². The van der Waals surface area contributed by atoms with Crippen LogP contribution in [0.25, 0.3) is 11.6 Å². The van der Waals surface area contributed by atoms with Crippen molar-refractivity contribution in [3.63, 3.8) is 0 Å². The van der Waals surface area contributed by atoms with E-state index in [0.717, 1.165) is 11.1 Å². The maximum absolute atomic E-state index is 6.12. The number of furan rings is 1. The van der Waals surface area contributed by atoms with Crippen LogP contribution in [0.15, 0.2) is 16.7 Å². The summed E-state index contributed by atoms with van der Waals surface area (Å²) in [4.78, 5) is 8.47. The molecule has 3 nitrogen and oxygen atoms in total. The van der Waals surface area contributed by atoms with Gasteiger partial charge in [0.2, 0.25) is 0 Å². The highest BCUT2D eigenvalue weighted by Gasteiger charge is 2.17. The van der Waals surface area contributed by atoms with E-state index < -0.39 is 0 Å². The second-order valence-electron chi connectivity index (χ2n) is 4.13. The maximum Gasteiger partial charge on any atom is 0.198 e. The number of rotatable bonds is 2. The third-order valence-electron chi connectivity index (χ3n) is 2.50. The Kier molecular flexibility index (Phi) is 3.40. The number of aromatic nitrogens is 2. The quantitative estimate of drug-likeness (QED) is 0.756. The lowest BCUT2D eigenvalue weighted by Gasteiger charge is -2.10. The highest BCUT2D eigenvalue weighted by molar-refractivity contribution is 6.34. The largest absolute Gasteiger partial charge is 0.461 e. The number of nitrogens with zero attached hydrogens (tertiary/aromatic N) is 2. The second kappa shape index (κ2) is 4.67. The molecule has 0 amide bonds. The fourth-order valence-electron chi connectivity index (χ4n) is 1.60. The minimum Gasteiger partial charge on any atom is -0.461 e. The molecule has 0 aliphatic carbocycles. The molecular weight excluding hydrogens is 259 g/mol. The van der Waals surface area contributed by atoms with Crippen molar-refractivity contribution in [2.24, 2.45) is 0 Å². The number of halogens is 2. The summed E-state index contributed by atoms with van der Waals surface area (Å²) in [5, 5.41) is 0.761. The van der Waals surface area contributed by atoms with E-state index in [1.54, 1.807) is 6.26 Å². The summed E-state index contributed by atoms with van der Waals surface area (Å²) >= 11 is 12.2. The van der Waals surface area contributed by atoms with Crippen LogP contribution in [0, 0.1) is 6.92 Å². The minimum atomic E-state index is 0.182. The first-order chi connectivity index (χ1) is 8.00. The van der Waals surface area contributed by atoms with Gasteiger partial charge in [0.1, 0.15) is 10.3 Å². The lowest BCUT2D eigenvalue weighted by molar-refractivity contribution is 0.575. The van der Waals surface area contributed by atoms with Gasteiger partial charge in [0.15, 0.2) is 11.6 Å². The molecule has 90 valence electrons. The van der Waals surface area contributed by atoms with Crippen molar-refractivity contribution < 1.29 is 4.42 Å². The van der Waals surface area contributed by atoms with Crippen molar-refractivity contribution >= 4 is 23.2 Å². The summed E-state index contributed by atoms with van der Waals surface area (Å²) in [6, 6.07) is 1.84. The van der Waals surface area contributed by atoms with Gasteiger partial charge >= 0.3 is 0 Å². The molecule has 2 aromatic heterocycles. The zero-order valence-electron chi connectivity index (χ0n) is 9.79. The molecule has 5 heteroatoms. The zero-order chi connectivity index (χ0) is 12.6. The van der Waals surface area contributed by atoms with Gasteiger partial charge in [-0.15, -0.1) is 0 Å². The molecule has 17 heavy (non-hydrogen) atoms. The lowest BCUT2D eigenvalue weighted by atomic mass is 10.1. The molecule has 0 aliphatic heterocycles. The summed E-state index contributed by atoms with van der Waals surface area (Å²) in [6.45, 7) is 5.91. The summed E-state index contributed by atoms with van der Waals surface area (Å²) in [5.41, 5.74) is 1.72. The van der Waals surface area contributed by atoms with Gasteiger partial charge in [-0.3, -0.25) is 0 Å². The third kappa shape index (κ3) is 2.31. The summed E-state index contributed by atoms with van der Waals surface area (Å²) in [7, 11) is 0. The molecule has 0 spiro atoms. The van der Waals surface area contributed by atoms with Crippen molar-refractivity contribution in [1.82, 2.24) is 9.97 Å². The minimum absolute atomic E-state index is 0.182. The van der Waals surface area contributed by atoms with Gasteiger partial charge in [0, 0.05) is 5.56 Å². The monoisotopic (exact) mass is 270 g/mol. The predicted molar refractivity (Wildman–Crippen MR) is 68.6 cm³/mol. The fraction of sp³-hybridized carbons (Fsp3) is 0.333. The number of hydrogen-bond donors (Lipinski definition) is 0. The van der Waals surface area contributed by atoms with Gasteiger partial charge in [0.25, 0.3) is 0 Å². The Morgan fingerprint density at radius 3 is 2.18 bits per heavy atom. The van der Waals surface area contributed by atoms with E-state index in [9.17, 15) is 0 Å². The Bertz CT molecular complexity index is 526. The molecule has 2 rings (SSSR count). The standard InChI is InChI=1S/C12H12Cl2N2O/c1-6(2)8-10(13)15-12(16-11(8)14)9-7(3)4-5-17-9/h4-6H,1-3H3. The Labute approximate surface area is 110 Å². The molecule has 0 saturated carbocycles. The Hall–Kier alpha value is -1.06. The molecule has 0 N–H and O–H groups in total. The second-order valence-corrected chi connectivity index (χ2v) is 4.85. The average molecular weight is 271 g/mol. The average Bonchev–Trinajstić information content (AvgIpc) is 2.62. The van der Waals surface area contributed by atoms with Gasteiger partial charge < -0.3 is 4.42 Å². The molecule has 0 aliphatic rings. The summed E-state index contributed by atoms with van der Waals surface area (Å²) < 4.78 is 5.32. The zero-order valence-corrected chi connectivity index (χ0v) is 11.3. The van der Waals surface area contributed by atoms with Gasteiger partial charge in [-0.05, 0) is 24.5 Å². The Morgan fingerprint density at radius 2 is 1.76 bits per heavy atom. The van der Waals surface area contributed by atoms with Gasteiger partial charge in [-0.2, -0.15) is 0 Å². The van der Waals surface area contributed by atoms with E-state index in [1.807, 2.05) is 26.8 Å². The normalized spacial score (nSPS) is 11.2. The first-order valence-corrected chi connectivity index (χ1v) is 6.03. The molecule has 0 radical (unpaired) electrons. The SMILES string of the molecule is Cc1ccoc1-c1nc(Cl)c(C(C)C)c(Cl)n1. The number of hydrogen-bond acceptors (Lipinski definition) is 3. The van der Waals surface area contributed by atoms with E-state index in [0.29, 0.717) is 21.9 Å². The van der Waals surface area contributed by atoms with Crippen molar-refractivity contribution in [2.75, 3.05) is 0 Å². The Morgan fingerprint density at radius 1 is 1.18 bits per heavy atom. The lowest BCUT2D eigenvalue weighted by Crippen LogP contribution is -1.99. The van der Waals surface area contributed by atoms with Crippen LogP contribution in [-0.4, -0.2) is 9.97 Å². The maximum atomic E-state index is 6.12. The van der Waals surface area contributed by atoms with E-state index >= 15 is 0 Å². The molecule has 0 unspecified atom stereocenters. The first-order valence-electron chi connectivity index (χ1n) is 5.28. The third-order valence-corrected chi connectivity index (χ3v) is 3.07. The molecule has 0 bridgehead atoms. The smallest absolute Gasteiger partial charge is 0.198 e. The molecule has 2 heterocycles. The van der Waals surface area contributed by atoms with Gasteiger partial charge in [0.05, 0.1) is 6.26 Å². The molecule has 0 aromatic carbocycles. The summed E-state index contributed by atoms with van der Waals surface area (Å²) in [5.74, 6) is 1.21. The van der Waals surface area contributed by atoms with Crippen LogP contribution in [0.2, 0.25) is 10.3 Å². The summed E-state index contributed by atoms with van der Waals surface area (Å²) in [6.07, 6.45) is 1.59. The van der Waals surface area contributed by atoms with Gasteiger partial charge in [-0.25, -0.2) is 9.97 Å². The fourth-order valence-corrected chi connectivity index (χ4v) is 2.42. The topological polar surface area (TPSA) is 38.9 Å². The van der Waals surface area contributed by atoms with Crippen LogP contribution < -0.4 is 0 Å². The van der Waals surface area contributed by atoms with E-state index in [1.165, 1.54) is 0 Å². The Balaban J connectivity index is 2.57. The van der Waals surface area contributed by atoms with Crippen LogP contribution in [0.4, 0.5) is 0 Å². The van der Waals surface area contributed by atoms with Crippen LogP contribution in [-0.2, 0) is 0 Å². The highest BCUT2D eigenvalue weighted by atomic mass is 35.5. The van der Waals surface area contributed by atoms with Crippen molar-refractivity contribution in [3.05, 3.63) is 33.8 Å². The van der Waals surface area contributed by atoms with Crippen molar-refractivity contribution in [3.8, 4) is 11.6 Å². The molecule has 2 aromatic rings. The number of aryl methyl sites for hydroxylation is 1. The molecular formula is C12H12Cl2N2O. The van der Waals surface area contributed by atoms with Crippen molar-refractivity contribution in [1.29, 1.82) is 0 Å². The molecule has 0 atom stereocenters. The van der Waals surface area contributed by atoms with Crippen LogP contribution in [0.3, 0.4) is 0 Å². The van der Waals surface area contributed by atoms with Crippen LogP contribution in [0.1, 0.15) is 30.9 Å². The van der Waals surface area contributed by atoms with E-state index in [4.69, 9.17) is 27.6 Å². The van der Waals surface area contributed by atoms with Crippen molar-refractivity contribution in [2.45, 2.75) is 26.7 Å². The highest BCUT2D eigenvalue weighted by Crippen LogP contribution is 2.31. The van der Waals surface area contributed by atoms with Crippen LogP contribution in [0.5, 0.6) is 0 Å².